The standard InChI is InChI=1S/C35H33N3O7/c1-4-5-10-32-37-28-17-15-24(36-34(40)26-16-18-31(43-2)33(44-3)27(26)21-39)19-29(28)38(32)20-22-11-13-23(14-12-22)25-8-6-7-9-30(25)45-35(41)42/h6-9,11-18,21H,4-5,10,19-20H2,1-3H3,(H,41,42). The molecule has 1 aliphatic rings. The summed E-state index contributed by atoms with van der Waals surface area (Å²) in [6.45, 7) is 2.69. The van der Waals surface area contributed by atoms with Gasteiger partial charge in [0.15, 0.2) is 17.8 Å². The third-order valence-electron chi connectivity index (χ3n) is 7.59. The van der Waals surface area contributed by atoms with Gasteiger partial charge in [0.2, 0.25) is 0 Å². The third kappa shape index (κ3) is 6.70. The number of hydrogen-bond donors (Lipinski definition) is 1. The van der Waals surface area contributed by atoms with Crippen LogP contribution in [0.1, 0.15) is 63.3 Å². The number of aldehydes is 1. The molecule has 10 nitrogen and oxygen atoms in total. The van der Waals surface area contributed by atoms with E-state index in [2.05, 4.69) is 16.5 Å². The quantitative estimate of drug-likeness (QED) is 0.114. The Balaban J connectivity index is 1.44. The zero-order valence-electron chi connectivity index (χ0n) is 25.3. The molecule has 10 heteroatoms. The second-order valence-corrected chi connectivity index (χ2v) is 10.4. The predicted octanol–water partition coefficient (Wildman–Crippen LogP) is 6.68. The van der Waals surface area contributed by atoms with Gasteiger partial charge in [-0.15, -0.1) is 0 Å². The van der Waals surface area contributed by atoms with Crippen molar-refractivity contribution in [2.24, 2.45) is 4.99 Å². The molecule has 1 aliphatic carbocycles. The van der Waals surface area contributed by atoms with Gasteiger partial charge < -0.3 is 23.9 Å². The normalized spacial score (nSPS) is 12.9. The number of unbranched alkanes of at least 4 members (excludes halogenated alkanes) is 1. The number of imidazole rings is 1. The highest BCUT2D eigenvalue weighted by Crippen LogP contribution is 2.33. The molecule has 0 saturated heterocycles. The molecule has 4 aromatic rings. The van der Waals surface area contributed by atoms with Crippen molar-refractivity contribution in [1.29, 1.82) is 0 Å². The van der Waals surface area contributed by atoms with E-state index in [4.69, 9.17) is 24.3 Å². The molecule has 1 amide bonds. The number of para-hydroxylation sites is 1. The number of aliphatic imine (C=N–C) groups is 1. The maximum absolute atomic E-state index is 13.3. The lowest BCUT2D eigenvalue weighted by Crippen LogP contribution is -2.15. The molecule has 0 radical (unpaired) electrons. The molecular weight excluding hydrogens is 574 g/mol. The summed E-state index contributed by atoms with van der Waals surface area (Å²) in [6, 6.07) is 18.0. The van der Waals surface area contributed by atoms with E-state index in [-0.39, 0.29) is 22.6 Å². The van der Waals surface area contributed by atoms with Crippen molar-refractivity contribution in [2.45, 2.75) is 39.2 Å². The van der Waals surface area contributed by atoms with E-state index in [0.717, 1.165) is 47.6 Å². The van der Waals surface area contributed by atoms with E-state index in [9.17, 15) is 14.4 Å². The number of carboxylic acid groups (broad SMARTS) is 1. The molecule has 0 saturated carbocycles. The number of rotatable bonds is 11. The Labute approximate surface area is 260 Å². The number of fused-ring (bicyclic) bond motifs is 1. The second-order valence-electron chi connectivity index (χ2n) is 10.4. The number of hydrogen-bond acceptors (Lipinski definition) is 7. The number of benzene rings is 3. The van der Waals surface area contributed by atoms with Crippen molar-refractivity contribution in [3.05, 3.63) is 101 Å². The van der Waals surface area contributed by atoms with E-state index in [1.807, 2.05) is 42.5 Å². The van der Waals surface area contributed by atoms with Gasteiger partial charge in [-0.2, -0.15) is 0 Å². The van der Waals surface area contributed by atoms with E-state index in [1.54, 1.807) is 24.3 Å². The van der Waals surface area contributed by atoms with Gasteiger partial charge in [-0.1, -0.05) is 55.8 Å². The van der Waals surface area contributed by atoms with Crippen molar-refractivity contribution in [3.8, 4) is 28.4 Å². The minimum atomic E-state index is -1.37. The smallest absolute Gasteiger partial charge is 0.493 e. The molecule has 0 spiro atoms. The average molecular weight is 608 g/mol. The molecule has 1 heterocycles. The molecule has 0 fully saturated rings. The van der Waals surface area contributed by atoms with Crippen molar-refractivity contribution in [2.75, 3.05) is 14.2 Å². The van der Waals surface area contributed by atoms with Crippen molar-refractivity contribution < 1.29 is 33.7 Å². The Bertz CT molecular complexity index is 1800. The number of carbonyl (C=O) groups excluding carboxylic acids is 2. The molecule has 0 atom stereocenters. The van der Waals surface area contributed by atoms with Crippen LogP contribution in [0.2, 0.25) is 0 Å². The number of nitrogens with zero attached hydrogens (tertiary/aromatic N) is 3. The summed E-state index contributed by atoms with van der Waals surface area (Å²) in [5.74, 6) is 1.19. The first kappa shape index (κ1) is 30.9. The summed E-state index contributed by atoms with van der Waals surface area (Å²) in [6.07, 6.45) is 6.05. The highest BCUT2D eigenvalue weighted by Gasteiger charge is 2.23. The monoisotopic (exact) mass is 607 g/mol. The van der Waals surface area contributed by atoms with Crippen LogP contribution in [0.5, 0.6) is 17.2 Å². The van der Waals surface area contributed by atoms with Crippen LogP contribution in [0, 0.1) is 0 Å². The Kier molecular flexibility index (Phi) is 9.52. The highest BCUT2D eigenvalue weighted by atomic mass is 16.7. The highest BCUT2D eigenvalue weighted by molar-refractivity contribution is 6.13. The Morgan fingerprint density at radius 2 is 1.78 bits per heavy atom. The van der Waals surface area contributed by atoms with Crippen LogP contribution in [-0.4, -0.2) is 52.9 Å². The summed E-state index contributed by atoms with van der Waals surface area (Å²) in [4.78, 5) is 45.6. The predicted molar refractivity (Wildman–Crippen MR) is 170 cm³/mol. The lowest BCUT2D eigenvalue weighted by molar-refractivity contribution is 0.0994. The second kappa shape index (κ2) is 13.9. The minimum absolute atomic E-state index is 0.0826. The SMILES string of the molecule is CCCCc1nc2c(n1Cc1ccc(-c3ccccc3OC(=O)O)cc1)CC(=NC(=O)c1ccc(OC)c(OC)c1C=O)C=C2. The van der Waals surface area contributed by atoms with Crippen LogP contribution in [-0.2, 0) is 19.4 Å². The Morgan fingerprint density at radius 3 is 2.47 bits per heavy atom. The van der Waals surface area contributed by atoms with Crippen LogP contribution in [0.3, 0.4) is 0 Å². The van der Waals surface area contributed by atoms with Crippen LogP contribution >= 0.6 is 0 Å². The van der Waals surface area contributed by atoms with Crippen LogP contribution in [0.25, 0.3) is 17.2 Å². The topological polar surface area (TPSA) is 129 Å². The van der Waals surface area contributed by atoms with E-state index in [1.165, 1.54) is 20.3 Å². The van der Waals surface area contributed by atoms with Crippen molar-refractivity contribution in [1.82, 2.24) is 9.55 Å². The molecule has 45 heavy (non-hydrogen) atoms. The number of aromatic nitrogens is 2. The summed E-state index contributed by atoms with van der Waals surface area (Å²) >= 11 is 0. The number of methoxy groups -OCH3 is 2. The third-order valence-corrected chi connectivity index (χ3v) is 7.59. The maximum atomic E-state index is 13.3. The number of amides is 1. The van der Waals surface area contributed by atoms with Crippen LogP contribution in [0.4, 0.5) is 4.79 Å². The number of allylic oxidation sites excluding steroid dienone is 1. The van der Waals surface area contributed by atoms with Gasteiger partial charge >= 0.3 is 6.16 Å². The molecular formula is C35H33N3O7. The van der Waals surface area contributed by atoms with Gasteiger partial charge in [-0.05, 0) is 47.9 Å². The van der Waals surface area contributed by atoms with Gasteiger partial charge in [-0.25, -0.2) is 14.8 Å². The molecule has 0 unspecified atom stereocenters. The van der Waals surface area contributed by atoms with Crippen molar-refractivity contribution >= 4 is 30.1 Å². The van der Waals surface area contributed by atoms with Crippen LogP contribution in [0.15, 0.2) is 71.7 Å². The summed E-state index contributed by atoms with van der Waals surface area (Å²) in [5.41, 5.74) is 5.08. The zero-order valence-corrected chi connectivity index (χ0v) is 25.3. The number of aryl methyl sites for hydroxylation is 1. The Hall–Kier alpha value is -5.51. The van der Waals surface area contributed by atoms with Gasteiger partial charge in [0.1, 0.15) is 11.6 Å². The molecule has 3 aromatic carbocycles. The largest absolute Gasteiger partial charge is 0.511 e. The summed E-state index contributed by atoms with van der Waals surface area (Å²) < 4.78 is 17.7. The first-order valence-corrected chi connectivity index (χ1v) is 14.5. The maximum Gasteiger partial charge on any atom is 0.511 e. The van der Waals surface area contributed by atoms with E-state index < -0.39 is 12.1 Å². The molecule has 1 N–H and O–H groups in total. The molecule has 5 rings (SSSR count). The lowest BCUT2D eigenvalue weighted by Gasteiger charge is -2.16. The van der Waals surface area contributed by atoms with E-state index >= 15 is 0 Å². The molecule has 0 bridgehead atoms. The fraction of sp³-hybridized carbons (Fsp3) is 0.229. The summed E-state index contributed by atoms with van der Waals surface area (Å²) in [7, 11) is 2.87. The summed E-state index contributed by atoms with van der Waals surface area (Å²) in [5, 5.41) is 9.11. The zero-order chi connectivity index (χ0) is 31.9. The van der Waals surface area contributed by atoms with Gasteiger partial charge in [-0.3, -0.25) is 9.59 Å². The van der Waals surface area contributed by atoms with Crippen LogP contribution < -0.4 is 14.2 Å². The Morgan fingerprint density at radius 1 is 1.00 bits per heavy atom. The number of carbonyl (C=O) groups is 3. The fourth-order valence-corrected chi connectivity index (χ4v) is 5.38. The number of ether oxygens (including phenoxy) is 3. The minimum Gasteiger partial charge on any atom is -0.493 e. The first-order chi connectivity index (χ1) is 21.9. The lowest BCUT2D eigenvalue weighted by atomic mass is 10.0. The molecule has 1 aromatic heterocycles. The fourth-order valence-electron chi connectivity index (χ4n) is 5.38. The van der Waals surface area contributed by atoms with Crippen molar-refractivity contribution in [3.63, 3.8) is 0 Å². The van der Waals surface area contributed by atoms with E-state index in [0.29, 0.717) is 36.3 Å². The average Bonchev–Trinajstić information content (AvgIpc) is 3.39. The first-order valence-electron chi connectivity index (χ1n) is 14.5. The van der Waals surface area contributed by atoms with Gasteiger partial charge in [0, 0.05) is 24.9 Å². The van der Waals surface area contributed by atoms with Gasteiger partial charge in [0.05, 0.1) is 42.4 Å². The molecule has 0 aliphatic heterocycles. The molecule has 230 valence electrons. The van der Waals surface area contributed by atoms with Gasteiger partial charge in [0.25, 0.3) is 5.91 Å².